The molecule has 0 aliphatic heterocycles. The van der Waals surface area contributed by atoms with E-state index in [1.165, 1.54) is 0 Å². The molecule has 0 fully saturated rings. The quantitative estimate of drug-likeness (QED) is 0.713. The van der Waals surface area contributed by atoms with Gasteiger partial charge in [0, 0.05) is 20.8 Å². The maximum Gasteiger partial charge on any atom is 0.323 e. The summed E-state index contributed by atoms with van der Waals surface area (Å²) in [5.74, 6) is 0.586. The smallest absolute Gasteiger partial charge is 0.323 e. The van der Waals surface area contributed by atoms with Gasteiger partial charge in [-0.15, -0.1) is 0 Å². The molecule has 1 rings (SSSR count). The molecule has 0 aliphatic carbocycles. The Hall–Kier alpha value is -1.67. The van der Waals surface area contributed by atoms with E-state index in [-0.39, 0.29) is 24.1 Å². The number of nitrogens with two attached hydrogens (primary N) is 1. The zero-order valence-electron chi connectivity index (χ0n) is 13.4. The number of anilines is 2. The van der Waals surface area contributed by atoms with E-state index in [4.69, 9.17) is 19.9 Å². The molecule has 120 valence electrons. The lowest BCUT2D eigenvalue weighted by molar-refractivity contribution is 0.169. The zero-order chi connectivity index (χ0) is 15.8. The van der Waals surface area contributed by atoms with E-state index in [9.17, 15) is 0 Å². The average Bonchev–Trinajstić information content (AvgIpc) is 2.38. The van der Waals surface area contributed by atoms with Crippen molar-refractivity contribution in [2.45, 2.75) is 32.9 Å². The Morgan fingerprint density at radius 3 is 2.38 bits per heavy atom. The molecule has 1 unspecified atom stereocenters. The van der Waals surface area contributed by atoms with E-state index in [1.54, 1.807) is 14.2 Å². The third-order valence-electron chi connectivity index (χ3n) is 2.69. The molecule has 0 amide bonds. The van der Waals surface area contributed by atoms with Gasteiger partial charge in [-0.1, -0.05) is 0 Å². The first-order valence-electron chi connectivity index (χ1n) is 6.90. The number of hydrogen-bond acceptors (Lipinski definition) is 8. The highest BCUT2D eigenvalue weighted by atomic mass is 16.5. The van der Waals surface area contributed by atoms with Crippen LogP contribution in [0.25, 0.3) is 0 Å². The first-order chi connectivity index (χ1) is 9.97. The summed E-state index contributed by atoms with van der Waals surface area (Å²) in [6.07, 6.45) is -0.0385. The van der Waals surface area contributed by atoms with Gasteiger partial charge in [-0.2, -0.15) is 15.0 Å². The fourth-order valence-electron chi connectivity index (χ4n) is 1.79. The largest absolute Gasteiger partial charge is 0.461 e. The summed E-state index contributed by atoms with van der Waals surface area (Å²) in [5.41, 5.74) is 5.74. The lowest BCUT2D eigenvalue weighted by atomic mass is 10.3. The van der Waals surface area contributed by atoms with Gasteiger partial charge < -0.3 is 24.8 Å². The SMILES string of the molecule is COCCN(c1nc(N)nc(OC(C)C)n1)C(C)COC. The van der Waals surface area contributed by atoms with Gasteiger partial charge in [-0.05, 0) is 20.8 Å². The van der Waals surface area contributed by atoms with Crippen LogP contribution in [-0.4, -0.2) is 61.1 Å². The number of ether oxygens (including phenoxy) is 3. The minimum absolute atomic E-state index is 0.0385. The molecule has 0 aliphatic rings. The molecule has 2 N–H and O–H groups in total. The number of methoxy groups -OCH3 is 2. The molecule has 8 heteroatoms. The minimum Gasteiger partial charge on any atom is -0.461 e. The van der Waals surface area contributed by atoms with Crippen molar-refractivity contribution in [3.8, 4) is 6.01 Å². The lowest BCUT2D eigenvalue weighted by Crippen LogP contribution is -2.40. The predicted octanol–water partition coefficient (Wildman–Crippen LogP) is 0.729. The van der Waals surface area contributed by atoms with Crippen LogP contribution in [0.2, 0.25) is 0 Å². The summed E-state index contributed by atoms with van der Waals surface area (Å²) in [5, 5.41) is 0. The van der Waals surface area contributed by atoms with Crippen LogP contribution in [0.5, 0.6) is 6.01 Å². The highest BCUT2D eigenvalue weighted by molar-refractivity contribution is 5.37. The van der Waals surface area contributed by atoms with E-state index in [0.29, 0.717) is 25.7 Å². The number of nitrogens with zero attached hydrogens (tertiary/aromatic N) is 4. The maximum absolute atomic E-state index is 5.74. The van der Waals surface area contributed by atoms with E-state index >= 15 is 0 Å². The molecule has 0 saturated heterocycles. The van der Waals surface area contributed by atoms with Crippen LogP contribution < -0.4 is 15.4 Å². The van der Waals surface area contributed by atoms with Gasteiger partial charge in [0.05, 0.1) is 25.4 Å². The average molecular weight is 299 g/mol. The van der Waals surface area contributed by atoms with Crippen molar-refractivity contribution in [1.29, 1.82) is 0 Å². The van der Waals surface area contributed by atoms with Gasteiger partial charge in [0.1, 0.15) is 0 Å². The minimum atomic E-state index is -0.0385. The van der Waals surface area contributed by atoms with Gasteiger partial charge in [0.15, 0.2) is 0 Å². The number of nitrogen functional groups attached to an aromatic ring is 1. The summed E-state index contributed by atoms with van der Waals surface area (Å²) in [6.45, 7) is 7.51. The zero-order valence-corrected chi connectivity index (χ0v) is 13.4. The molecule has 21 heavy (non-hydrogen) atoms. The second-order valence-electron chi connectivity index (χ2n) is 4.93. The van der Waals surface area contributed by atoms with Crippen LogP contribution in [0.1, 0.15) is 20.8 Å². The third-order valence-corrected chi connectivity index (χ3v) is 2.69. The van der Waals surface area contributed by atoms with Crippen LogP contribution in [0, 0.1) is 0 Å². The van der Waals surface area contributed by atoms with Crippen LogP contribution in [0.15, 0.2) is 0 Å². The third kappa shape index (κ3) is 5.68. The molecule has 8 nitrogen and oxygen atoms in total. The Labute approximate surface area is 125 Å². The monoisotopic (exact) mass is 299 g/mol. The lowest BCUT2D eigenvalue weighted by Gasteiger charge is -2.28. The molecular weight excluding hydrogens is 274 g/mol. The molecule has 1 heterocycles. The molecule has 0 bridgehead atoms. The summed E-state index contributed by atoms with van der Waals surface area (Å²) in [7, 11) is 3.30. The summed E-state index contributed by atoms with van der Waals surface area (Å²) in [6, 6.07) is 0.290. The van der Waals surface area contributed by atoms with E-state index in [2.05, 4.69) is 15.0 Å². The Kier molecular flexibility index (Phi) is 7.10. The fourth-order valence-corrected chi connectivity index (χ4v) is 1.79. The van der Waals surface area contributed by atoms with Gasteiger partial charge in [-0.3, -0.25) is 0 Å². The van der Waals surface area contributed by atoms with Gasteiger partial charge in [-0.25, -0.2) is 0 Å². The van der Waals surface area contributed by atoms with Gasteiger partial charge in [0.25, 0.3) is 0 Å². The van der Waals surface area contributed by atoms with Crippen LogP contribution in [0.4, 0.5) is 11.9 Å². The first kappa shape index (κ1) is 17.4. The summed E-state index contributed by atoms with van der Waals surface area (Å²) >= 11 is 0. The van der Waals surface area contributed by atoms with Gasteiger partial charge >= 0.3 is 6.01 Å². The standard InChI is InChI=1S/C13H25N5O3/c1-9(2)21-13-16-11(14)15-12(17-13)18(6-7-19-4)10(3)8-20-5/h9-10H,6-8H2,1-5H3,(H2,14,15,16,17). The van der Waals surface area contributed by atoms with Gasteiger partial charge in [0.2, 0.25) is 11.9 Å². The van der Waals surface area contributed by atoms with E-state index in [1.807, 2.05) is 25.7 Å². The number of rotatable bonds is 9. The molecule has 0 spiro atoms. The second-order valence-corrected chi connectivity index (χ2v) is 4.93. The summed E-state index contributed by atoms with van der Waals surface area (Å²) < 4.78 is 15.8. The molecule has 0 radical (unpaired) electrons. The predicted molar refractivity (Wildman–Crippen MR) is 80.6 cm³/mol. The van der Waals surface area contributed by atoms with Crippen molar-refractivity contribution in [3.63, 3.8) is 0 Å². The molecular formula is C13H25N5O3. The van der Waals surface area contributed by atoms with E-state index in [0.717, 1.165) is 0 Å². The van der Waals surface area contributed by atoms with Crippen molar-refractivity contribution in [1.82, 2.24) is 15.0 Å². The first-order valence-corrected chi connectivity index (χ1v) is 6.90. The second kappa shape index (κ2) is 8.58. The Morgan fingerprint density at radius 2 is 1.81 bits per heavy atom. The molecule has 1 aromatic rings. The topological polar surface area (TPSA) is 95.6 Å². The molecule has 1 aromatic heterocycles. The van der Waals surface area contributed by atoms with Crippen LogP contribution in [-0.2, 0) is 9.47 Å². The number of aromatic nitrogens is 3. The van der Waals surface area contributed by atoms with Crippen molar-refractivity contribution in [3.05, 3.63) is 0 Å². The Bertz CT molecular complexity index is 430. The fraction of sp³-hybridized carbons (Fsp3) is 0.769. The van der Waals surface area contributed by atoms with Crippen LogP contribution in [0.3, 0.4) is 0 Å². The highest BCUT2D eigenvalue weighted by Gasteiger charge is 2.19. The highest BCUT2D eigenvalue weighted by Crippen LogP contribution is 2.17. The van der Waals surface area contributed by atoms with Crippen molar-refractivity contribution in [2.75, 3.05) is 44.6 Å². The molecule has 0 aromatic carbocycles. The van der Waals surface area contributed by atoms with Crippen molar-refractivity contribution < 1.29 is 14.2 Å². The summed E-state index contributed by atoms with van der Waals surface area (Å²) in [4.78, 5) is 14.5. The number of hydrogen-bond donors (Lipinski definition) is 1. The van der Waals surface area contributed by atoms with E-state index < -0.39 is 0 Å². The van der Waals surface area contributed by atoms with Crippen molar-refractivity contribution in [2.24, 2.45) is 0 Å². The van der Waals surface area contributed by atoms with Crippen LogP contribution >= 0.6 is 0 Å². The Balaban J connectivity index is 3.01. The van der Waals surface area contributed by atoms with Crippen molar-refractivity contribution >= 4 is 11.9 Å². The molecule has 0 saturated carbocycles. The Morgan fingerprint density at radius 1 is 1.10 bits per heavy atom. The maximum atomic E-state index is 5.74. The molecule has 1 atom stereocenters. The normalized spacial score (nSPS) is 12.5.